The zero-order valence-electron chi connectivity index (χ0n) is 18.8. The van der Waals surface area contributed by atoms with Gasteiger partial charge in [-0.25, -0.2) is 0 Å². The van der Waals surface area contributed by atoms with Crippen molar-refractivity contribution in [3.05, 3.63) is 59.2 Å². The fourth-order valence-corrected chi connectivity index (χ4v) is 5.45. The van der Waals surface area contributed by atoms with Crippen LogP contribution in [0.4, 0.5) is 0 Å². The van der Waals surface area contributed by atoms with E-state index in [4.69, 9.17) is 9.47 Å². The van der Waals surface area contributed by atoms with Gasteiger partial charge in [-0.2, -0.15) is 0 Å². The molecule has 2 aliphatic carbocycles. The molecule has 31 heavy (non-hydrogen) atoms. The number of ether oxygens (including phenoxy) is 2. The summed E-state index contributed by atoms with van der Waals surface area (Å²) in [5.41, 5.74) is 4.13. The van der Waals surface area contributed by atoms with Crippen molar-refractivity contribution < 1.29 is 18.9 Å². The third-order valence-electron chi connectivity index (χ3n) is 6.80. The third-order valence-corrected chi connectivity index (χ3v) is 7.85. The highest BCUT2D eigenvalue weighted by Crippen LogP contribution is 2.47. The summed E-state index contributed by atoms with van der Waals surface area (Å²) in [5.74, 6) is 3.83. The van der Waals surface area contributed by atoms with Crippen LogP contribution in [0.3, 0.4) is 0 Å². The van der Waals surface area contributed by atoms with Crippen LogP contribution in [0.15, 0.2) is 42.5 Å². The highest BCUT2D eigenvalue weighted by Gasteiger charge is 2.31. The van der Waals surface area contributed by atoms with E-state index in [2.05, 4.69) is 18.2 Å². The Morgan fingerprint density at radius 2 is 1.65 bits per heavy atom. The summed E-state index contributed by atoms with van der Waals surface area (Å²) in [5, 5.41) is 0. The van der Waals surface area contributed by atoms with Gasteiger partial charge in [0, 0.05) is 12.8 Å². The Morgan fingerprint density at radius 3 is 2.32 bits per heavy atom. The Bertz CT molecular complexity index is 923. The number of benzene rings is 2. The van der Waals surface area contributed by atoms with Crippen LogP contribution >= 0.6 is 7.37 Å². The molecule has 0 radical (unpaired) electrons. The van der Waals surface area contributed by atoms with E-state index in [1.807, 2.05) is 24.3 Å². The molecule has 1 unspecified atom stereocenters. The first-order valence-electron chi connectivity index (χ1n) is 11.6. The molecule has 5 heteroatoms. The molecule has 2 aromatic carbocycles. The van der Waals surface area contributed by atoms with Crippen molar-refractivity contribution in [2.75, 3.05) is 26.5 Å². The standard InChI is InChI=1S/C26H35O4P/c1-29-23-12-13-25(21-10-11-21)26(17-23)22-8-6-20(7-9-22)18-30-24-5-3-4-19(16-24)14-15-31(2,27)28/h3-5,12-13,16-17,20-22H,6-11,14-15,18H2,1-2H3,(H,27,28). The molecular formula is C26H35O4P. The molecule has 4 rings (SSSR count). The molecule has 4 nitrogen and oxygen atoms in total. The molecule has 0 heterocycles. The lowest BCUT2D eigenvalue weighted by Gasteiger charge is -2.30. The lowest BCUT2D eigenvalue weighted by Crippen LogP contribution is -2.20. The van der Waals surface area contributed by atoms with E-state index in [-0.39, 0.29) is 0 Å². The minimum Gasteiger partial charge on any atom is -0.497 e. The van der Waals surface area contributed by atoms with Crippen LogP contribution < -0.4 is 9.47 Å². The minimum absolute atomic E-state index is 0.313. The van der Waals surface area contributed by atoms with E-state index in [1.54, 1.807) is 12.7 Å². The largest absolute Gasteiger partial charge is 0.497 e. The molecule has 2 fully saturated rings. The lowest BCUT2D eigenvalue weighted by molar-refractivity contribution is 0.199. The summed E-state index contributed by atoms with van der Waals surface area (Å²) in [4.78, 5) is 9.52. The summed E-state index contributed by atoms with van der Waals surface area (Å²) >= 11 is 0. The maximum absolute atomic E-state index is 11.5. The van der Waals surface area contributed by atoms with Gasteiger partial charge in [0.15, 0.2) is 7.37 Å². The van der Waals surface area contributed by atoms with E-state index in [0.29, 0.717) is 24.4 Å². The number of methoxy groups -OCH3 is 1. The second-order valence-corrected chi connectivity index (χ2v) is 12.0. The van der Waals surface area contributed by atoms with Gasteiger partial charge in [0.2, 0.25) is 0 Å². The molecule has 168 valence electrons. The van der Waals surface area contributed by atoms with Crippen molar-refractivity contribution in [2.45, 2.75) is 56.8 Å². The highest BCUT2D eigenvalue weighted by molar-refractivity contribution is 7.57. The first-order chi connectivity index (χ1) is 14.9. The fourth-order valence-electron chi connectivity index (χ4n) is 4.78. The highest BCUT2D eigenvalue weighted by atomic mass is 31.2. The Morgan fingerprint density at radius 1 is 0.935 bits per heavy atom. The van der Waals surface area contributed by atoms with Crippen LogP contribution in [0, 0.1) is 5.92 Å². The second-order valence-electron chi connectivity index (χ2n) is 9.47. The molecule has 0 saturated heterocycles. The first kappa shape index (κ1) is 22.4. The van der Waals surface area contributed by atoms with Crippen molar-refractivity contribution in [1.29, 1.82) is 0 Å². The van der Waals surface area contributed by atoms with Gasteiger partial charge in [0.05, 0.1) is 13.7 Å². The Hall–Kier alpha value is -1.77. The first-order valence-corrected chi connectivity index (χ1v) is 13.9. The summed E-state index contributed by atoms with van der Waals surface area (Å²) in [7, 11) is -1.22. The normalized spacial score (nSPS) is 23.2. The average molecular weight is 443 g/mol. The average Bonchev–Trinajstić information content (AvgIpc) is 3.61. The number of hydrogen-bond acceptors (Lipinski definition) is 3. The van der Waals surface area contributed by atoms with Gasteiger partial charge in [-0.05, 0) is 104 Å². The summed E-state index contributed by atoms with van der Waals surface area (Å²) in [6.07, 6.45) is 8.38. The van der Waals surface area contributed by atoms with Gasteiger partial charge in [0.25, 0.3) is 0 Å². The molecule has 2 aliphatic rings. The maximum atomic E-state index is 11.5. The zero-order chi connectivity index (χ0) is 21.8. The molecule has 2 aromatic rings. The molecule has 1 atom stereocenters. The summed E-state index contributed by atoms with van der Waals surface area (Å²) < 4.78 is 23.2. The maximum Gasteiger partial charge on any atom is 0.197 e. The van der Waals surface area contributed by atoms with Crippen molar-refractivity contribution in [3.8, 4) is 11.5 Å². The molecular weight excluding hydrogens is 407 g/mol. The van der Waals surface area contributed by atoms with Crippen LogP contribution in [0.2, 0.25) is 0 Å². The molecule has 0 aliphatic heterocycles. The Labute approximate surface area is 186 Å². The van der Waals surface area contributed by atoms with Gasteiger partial charge in [-0.15, -0.1) is 0 Å². The van der Waals surface area contributed by atoms with E-state index in [0.717, 1.165) is 29.6 Å². The SMILES string of the molecule is COc1ccc(C2CC2)c(C2CCC(COc3cccc(CCP(C)(=O)O)c3)CC2)c1. The van der Waals surface area contributed by atoms with E-state index < -0.39 is 7.37 Å². The van der Waals surface area contributed by atoms with Crippen LogP contribution in [0.25, 0.3) is 0 Å². The van der Waals surface area contributed by atoms with Crippen LogP contribution in [-0.2, 0) is 11.0 Å². The minimum atomic E-state index is -2.98. The van der Waals surface area contributed by atoms with Gasteiger partial charge < -0.3 is 14.4 Å². The van der Waals surface area contributed by atoms with Gasteiger partial charge in [0.1, 0.15) is 11.5 Å². The Balaban J connectivity index is 1.30. The van der Waals surface area contributed by atoms with Crippen molar-refractivity contribution in [2.24, 2.45) is 5.92 Å². The second kappa shape index (κ2) is 9.79. The van der Waals surface area contributed by atoms with Gasteiger partial charge in [-0.3, -0.25) is 4.57 Å². The molecule has 0 amide bonds. The smallest absolute Gasteiger partial charge is 0.197 e. The topological polar surface area (TPSA) is 55.8 Å². The molecule has 2 saturated carbocycles. The number of aryl methyl sites for hydroxylation is 1. The Kier molecular flexibility index (Phi) is 7.08. The van der Waals surface area contributed by atoms with Crippen LogP contribution in [0.5, 0.6) is 11.5 Å². The monoisotopic (exact) mass is 442 g/mol. The fraction of sp³-hybridized carbons (Fsp3) is 0.538. The van der Waals surface area contributed by atoms with Gasteiger partial charge >= 0.3 is 0 Å². The van der Waals surface area contributed by atoms with Gasteiger partial charge in [-0.1, -0.05) is 18.2 Å². The van der Waals surface area contributed by atoms with Crippen LogP contribution in [0.1, 0.15) is 67.1 Å². The van der Waals surface area contributed by atoms with Crippen molar-refractivity contribution >= 4 is 7.37 Å². The van der Waals surface area contributed by atoms with E-state index in [9.17, 15) is 9.46 Å². The lowest BCUT2D eigenvalue weighted by atomic mass is 9.77. The number of hydrogen-bond donors (Lipinski definition) is 1. The molecule has 0 bridgehead atoms. The zero-order valence-corrected chi connectivity index (χ0v) is 19.7. The summed E-state index contributed by atoms with van der Waals surface area (Å²) in [6, 6.07) is 14.7. The molecule has 0 aromatic heterocycles. The third kappa shape index (κ3) is 6.37. The molecule has 1 N–H and O–H groups in total. The summed E-state index contributed by atoms with van der Waals surface area (Å²) in [6.45, 7) is 2.17. The quantitative estimate of drug-likeness (QED) is 0.459. The predicted molar refractivity (Wildman–Crippen MR) is 126 cm³/mol. The van der Waals surface area contributed by atoms with Crippen molar-refractivity contribution in [3.63, 3.8) is 0 Å². The predicted octanol–water partition coefficient (Wildman–Crippen LogP) is 6.37. The van der Waals surface area contributed by atoms with Crippen LogP contribution in [-0.4, -0.2) is 31.4 Å². The van der Waals surface area contributed by atoms with Crippen molar-refractivity contribution in [1.82, 2.24) is 0 Å². The molecule has 0 spiro atoms. The van der Waals surface area contributed by atoms with E-state index >= 15 is 0 Å². The van der Waals surface area contributed by atoms with E-state index in [1.165, 1.54) is 50.8 Å². The number of rotatable bonds is 9.